The molecule has 8 heteroatoms. The number of amides is 1. The van der Waals surface area contributed by atoms with Crippen LogP contribution in [0.25, 0.3) is 11.3 Å². The first-order valence-corrected chi connectivity index (χ1v) is 7.08. The quantitative estimate of drug-likeness (QED) is 0.728. The van der Waals surface area contributed by atoms with Gasteiger partial charge in [0.25, 0.3) is 5.91 Å². The van der Waals surface area contributed by atoms with E-state index in [9.17, 15) is 22.4 Å². The van der Waals surface area contributed by atoms with Crippen molar-refractivity contribution < 1.29 is 26.9 Å². The fourth-order valence-corrected chi connectivity index (χ4v) is 2.09. The summed E-state index contributed by atoms with van der Waals surface area (Å²) in [5, 5.41) is 6.01. The first kappa shape index (κ1) is 16.7. The summed E-state index contributed by atoms with van der Waals surface area (Å²) in [6, 6.07) is 7.62. The van der Waals surface area contributed by atoms with Gasteiger partial charge in [-0.15, -0.1) is 0 Å². The number of hydrogen-bond donors (Lipinski definition) is 1. The molecule has 0 aliphatic heterocycles. The molecule has 0 saturated carbocycles. The molecule has 1 amide bonds. The van der Waals surface area contributed by atoms with Gasteiger partial charge < -0.3 is 9.84 Å². The number of aromatic nitrogens is 1. The average molecular weight is 350 g/mol. The van der Waals surface area contributed by atoms with Gasteiger partial charge >= 0.3 is 0 Å². The maximum absolute atomic E-state index is 13.2. The number of rotatable bonds is 4. The maximum atomic E-state index is 13.2. The van der Waals surface area contributed by atoms with Crippen LogP contribution in [0.4, 0.5) is 17.6 Å². The Kier molecular flexibility index (Phi) is 4.51. The minimum Gasteiger partial charge on any atom is -0.355 e. The molecular formula is C17H10F4N2O2. The summed E-state index contributed by atoms with van der Waals surface area (Å²) in [4.78, 5) is 12.0. The molecule has 0 aliphatic rings. The van der Waals surface area contributed by atoms with Crippen LogP contribution in [0.1, 0.15) is 16.1 Å². The van der Waals surface area contributed by atoms with Gasteiger partial charge in [0.15, 0.2) is 34.7 Å². The molecule has 0 bridgehead atoms. The lowest BCUT2D eigenvalue weighted by Crippen LogP contribution is -2.23. The summed E-state index contributed by atoms with van der Waals surface area (Å²) >= 11 is 0. The first-order chi connectivity index (χ1) is 11.9. The maximum Gasteiger partial charge on any atom is 0.273 e. The third kappa shape index (κ3) is 3.68. The Morgan fingerprint density at radius 3 is 2.28 bits per heavy atom. The van der Waals surface area contributed by atoms with Crippen LogP contribution in [0.2, 0.25) is 0 Å². The molecule has 1 heterocycles. The van der Waals surface area contributed by atoms with Crippen molar-refractivity contribution in [3.05, 3.63) is 77.0 Å². The molecular weight excluding hydrogens is 340 g/mol. The van der Waals surface area contributed by atoms with Gasteiger partial charge in [0.05, 0.1) is 0 Å². The van der Waals surface area contributed by atoms with Crippen molar-refractivity contribution in [2.24, 2.45) is 0 Å². The molecule has 1 N–H and O–H groups in total. The number of benzene rings is 2. The van der Waals surface area contributed by atoms with Crippen molar-refractivity contribution >= 4 is 5.91 Å². The molecule has 0 aliphatic carbocycles. The highest BCUT2D eigenvalue weighted by Crippen LogP contribution is 2.22. The molecule has 0 saturated heterocycles. The predicted octanol–water partition coefficient (Wildman–Crippen LogP) is 3.83. The molecule has 0 spiro atoms. The Morgan fingerprint density at radius 2 is 1.60 bits per heavy atom. The van der Waals surface area contributed by atoms with Crippen molar-refractivity contribution in [2.45, 2.75) is 6.54 Å². The highest BCUT2D eigenvalue weighted by atomic mass is 19.2. The molecule has 4 nitrogen and oxygen atoms in total. The smallest absolute Gasteiger partial charge is 0.273 e. The molecule has 3 aromatic rings. The molecule has 0 unspecified atom stereocenters. The van der Waals surface area contributed by atoms with Crippen LogP contribution in [0.3, 0.4) is 0 Å². The monoisotopic (exact) mass is 350 g/mol. The van der Waals surface area contributed by atoms with E-state index in [1.165, 1.54) is 18.2 Å². The third-order valence-electron chi connectivity index (χ3n) is 3.38. The molecule has 0 radical (unpaired) electrons. The van der Waals surface area contributed by atoms with Gasteiger partial charge in [-0.05, 0) is 35.9 Å². The normalized spacial score (nSPS) is 10.7. The van der Waals surface area contributed by atoms with E-state index in [0.29, 0.717) is 5.56 Å². The summed E-state index contributed by atoms with van der Waals surface area (Å²) in [6.07, 6.45) is 0. The first-order valence-electron chi connectivity index (χ1n) is 7.08. The second-order valence-electron chi connectivity index (χ2n) is 5.14. The highest BCUT2D eigenvalue weighted by molar-refractivity contribution is 5.93. The van der Waals surface area contributed by atoms with Crippen LogP contribution in [0.5, 0.6) is 0 Å². The number of nitrogens with one attached hydrogen (secondary N) is 1. The van der Waals surface area contributed by atoms with Crippen molar-refractivity contribution in [3.8, 4) is 11.3 Å². The Balaban J connectivity index is 1.69. The zero-order valence-corrected chi connectivity index (χ0v) is 12.5. The lowest BCUT2D eigenvalue weighted by Gasteiger charge is -2.03. The van der Waals surface area contributed by atoms with Crippen molar-refractivity contribution in [1.82, 2.24) is 10.5 Å². The number of carbonyl (C=O) groups is 1. The van der Waals surface area contributed by atoms with E-state index in [1.54, 1.807) is 0 Å². The second kappa shape index (κ2) is 6.76. The van der Waals surface area contributed by atoms with Crippen molar-refractivity contribution in [3.63, 3.8) is 0 Å². The van der Waals surface area contributed by atoms with E-state index >= 15 is 0 Å². The third-order valence-corrected chi connectivity index (χ3v) is 3.38. The van der Waals surface area contributed by atoms with E-state index in [0.717, 1.165) is 24.3 Å². The van der Waals surface area contributed by atoms with Crippen LogP contribution in [0.15, 0.2) is 47.0 Å². The van der Waals surface area contributed by atoms with Crippen molar-refractivity contribution in [2.75, 3.05) is 0 Å². The van der Waals surface area contributed by atoms with Crippen LogP contribution in [-0.4, -0.2) is 11.1 Å². The Morgan fingerprint density at radius 1 is 0.920 bits per heavy atom. The zero-order valence-electron chi connectivity index (χ0n) is 12.5. The fraction of sp³-hybridized carbons (Fsp3) is 0.0588. The molecule has 128 valence electrons. The van der Waals surface area contributed by atoms with Crippen LogP contribution >= 0.6 is 0 Å². The largest absolute Gasteiger partial charge is 0.355 e. The Hall–Kier alpha value is -3.16. The molecule has 25 heavy (non-hydrogen) atoms. The minimum atomic E-state index is -1.06. The van der Waals surface area contributed by atoms with E-state index in [1.807, 2.05) is 0 Å². The summed E-state index contributed by atoms with van der Waals surface area (Å²) < 4.78 is 57.0. The molecule has 0 fully saturated rings. The van der Waals surface area contributed by atoms with Crippen LogP contribution in [0, 0.1) is 23.3 Å². The SMILES string of the molecule is O=C(NCc1ccc(F)c(F)c1)c1cc(-c2ccc(F)c(F)c2)on1. The van der Waals surface area contributed by atoms with Gasteiger partial charge in [-0.1, -0.05) is 11.2 Å². The average Bonchev–Trinajstić information content (AvgIpc) is 3.08. The zero-order chi connectivity index (χ0) is 18.0. The molecule has 2 aromatic carbocycles. The Bertz CT molecular complexity index is 940. The van der Waals surface area contributed by atoms with Gasteiger partial charge in [-0.3, -0.25) is 4.79 Å². The predicted molar refractivity (Wildman–Crippen MR) is 79.4 cm³/mol. The summed E-state index contributed by atoms with van der Waals surface area (Å²) in [5.74, 6) is -4.61. The van der Waals surface area contributed by atoms with Gasteiger partial charge in [0, 0.05) is 18.2 Å². The van der Waals surface area contributed by atoms with E-state index < -0.39 is 29.2 Å². The van der Waals surface area contributed by atoms with Gasteiger partial charge in [-0.2, -0.15) is 0 Å². The summed E-state index contributed by atoms with van der Waals surface area (Å²) in [5.41, 5.74) is 0.477. The van der Waals surface area contributed by atoms with Gasteiger partial charge in [0.2, 0.25) is 0 Å². The minimum absolute atomic E-state index is 0.0522. The second-order valence-corrected chi connectivity index (χ2v) is 5.14. The lowest BCUT2D eigenvalue weighted by molar-refractivity contribution is 0.0942. The van der Waals surface area contributed by atoms with E-state index in [-0.39, 0.29) is 23.6 Å². The number of carbonyl (C=O) groups excluding carboxylic acids is 1. The van der Waals surface area contributed by atoms with Crippen LogP contribution in [-0.2, 0) is 6.54 Å². The molecule has 3 rings (SSSR count). The lowest BCUT2D eigenvalue weighted by atomic mass is 10.1. The fourth-order valence-electron chi connectivity index (χ4n) is 2.09. The standard InChI is InChI=1S/C17H10F4N2O2/c18-11-3-1-9(5-13(11)20)8-22-17(24)15-7-16(25-23-15)10-2-4-12(19)14(21)6-10/h1-7H,8H2,(H,22,24). The van der Waals surface area contributed by atoms with Crippen LogP contribution < -0.4 is 5.32 Å². The summed E-state index contributed by atoms with van der Waals surface area (Å²) in [7, 11) is 0. The number of nitrogens with zero attached hydrogens (tertiary/aromatic N) is 1. The molecule has 0 atom stereocenters. The highest BCUT2D eigenvalue weighted by Gasteiger charge is 2.15. The van der Waals surface area contributed by atoms with Crippen molar-refractivity contribution in [1.29, 1.82) is 0 Å². The van der Waals surface area contributed by atoms with Gasteiger partial charge in [0.1, 0.15) is 0 Å². The van der Waals surface area contributed by atoms with Gasteiger partial charge in [-0.25, -0.2) is 17.6 Å². The summed E-state index contributed by atoms with van der Waals surface area (Å²) in [6.45, 7) is -0.0522. The molecule has 1 aromatic heterocycles. The number of halogens is 4. The Labute approximate surface area is 139 Å². The van der Waals surface area contributed by atoms with E-state index in [4.69, 9.17) is 4.52 Å². The number of hydrogen-bond acceptors (Lipinski definition) is 3. The topological polar surface area (TPSA) is 55.1 Å². The van der Waals surface area contributed by atoms with E-state index in [2.05, 4.69) is 10.5 Å².